The second-order valence-electron chi connectivity index (χ2n) is 4.62. The van der Waals surface area contributed by atoms with Crippen molar-refractivity contribution in [3.63, 3.8) is 0 Å². The molecule has 0 saturated carbocycles. The van der Waals surface area contributed by atoms with E-state index in [9.17, 15) is 13.2 Å². The van der Waals surface area contributed by atoms with Gasteiger partial charge in [-0.15, -0.1) is 0 Å². The lowest BCUT2D eigenvalue weighted by Crippen LogP contribution is -2.22. The number of nitrogens with zero attached hydrogens (tertiary/aromatic N) is 2. The minimum Gasteiger partial charge on any atom is -0.467 e. The number of aliphatic hydroxyl groups excluding tert-OH is 1. The number of aromatic nitrogens is 2. The molecule has 0 unspecified atom stereocenters. The lowest BCUT2D eigenvalue weighted by molar-refractivity contribution is -0.141. The maximum absolute atomic E-state index is 12.9. The number of furan rings is 1. The standard InChI is InChI=1S/C13H15F3N4O2/c1-8(7-21)18-12-19-10(13(14,15)16)5-11(20-12)17-6-9-3-2-4-22-9/h2-5,8,21H,6-7H2,1H3,(H2,17,18,19,20)/t8-/m1/s1. The van der Waals surface area contributed by atoms with Gasteiger partial charge in [0.15, 0.2) is 5.69 Å². The second kappa shape index (κ2) is 6.65. The first kappa shape index (κ1) is 16.1. The smallest absolute Gasteiger partial charge is 0.433 e. The Kier molecular flexibility index (Phi) is 4.86. The monoisotopic (exact) mass is 316 g/mol. The summed E-state index contributed by atoms with van der Waals surface area (Å²) < 4.78 is 43.7. The quantitative estimate of drug-likeness (QED) is 0.759. The second-order valence-corrected chi connectivity index (χ2v) is 4.62. The van der Waals surface area contributed by atoms with Crippen LogP contribution in [0.15, 0.2) is 28.9 Å². The summed E-state index contributed by atoms with van der Waals surface area (Å²) >= 11 is 0. The molecular weight excluding hydrogens is 301 g/mol. The van der Waals surface area contributed by atoms with Crippen LogP contribution in [-0.2, 0) is 12.7 Å². The predicted molar refractivity (Wildman–Crippen MR) is 73.2 cm³/mol. The third kappa shape index (κ3) is 4.35. The zero-order valence-corrected chi connectivity index (χ0v) is 11.7. The van der Waals surface area contributed by atoms with E-state index in [1.54, 1.807) is 19.1 Å². The fourth-order valence-corrected chi connectivity index (χ4v) is 1.60. The Hall–Kier alpha value is -2.29. The summed E-state index contributed by atoms with van der Waals surface area (Å²) in [6.45, 7) is 1.53. The molecule has 2 aromatic heterocycles. The Balaban J connectivity index is 2.21. The van der Waals surface area contributed by atoms with E-state index in [0.29, 0.717) is 5.76 Å². The van der Waals surface area contributed by atoms with E-state index in [1.165, 1.54) is 6.26 Å². The molecule has 1 atom stereocenters. The minimum atomic E-state index is -4.59. The number of nitrogens with one attached hydrogen (secondary N) is 2. The Labute approximate surface area is 124 Å². The Bertz CT molecular complexity index is 602. The van der Waals surface area contributed by atoms with E-state index in [4.69, 9.17) is 9.52 Å². The van der Waals surface area contributed by atoms with E-state index >= 15 is 0 Å². The van der Waals surface area contributed by atoms with Crippen molar-refractivity contribution in [3.8, 4) is 0 Å². The highest BCUT2D eigenvalue weighted by Gasteiger charge is 2.33. The molecule has 0 aliphatic rings. The number of alkyl halides is 3. The Morgan fingerprint density at radius 2 is 2.14 bits per heavy atom. The van der Waals surface area contributed by atoms with Crippen molar-refractivity contribution >= 4 is 11.8 Å². The van der Waals surface area contributed by atoms with Crippen LogP contribution in [0.3, 0.4) is 0 Å². The first-order chi connectivity index (χ1) is 10.4. The van der Waals surface area contributed by atoms with Crippen molar-refractivity contribution < 1.29 is 22.7 Å². The van der Waals surface area contributed by atoms with Crippen LogP contribution in [0.5, 0.6) is 0 Å². The summed E-state index contributed by atoms with van der Waals surface area (Å²) in [6, 6.07) is 3.71. The third-order valence-corrected chi connectivity index (χ3v) is 2.69. The summed E-state index contributed by atoms with van der Waals surface area (Å²) in [6.07, 6.45) is -3.13. The van der Waals surface area contributed by atoms with Crippen LogP contribution >= 0.6 is 0 Å². The van der Waals surface area contributed by atoms with Crippen molar-refractivity contribution in [2.45, 2.75) is 25.7 Å². The van der Waals surface area contributed by atoms with E-state index in [1.807, 2.05) is 0 Å². The zero-order valence-electron chi connectivity index (χ0n) is 11.7. The van der Waals surface area contributed by atoms with Gasteiger partial charge in [0, 0.05) is 12.1 Å². The number of hydrogen-bond donors (Lipinski definition) is 3. The van der Waals surface area contributed by atoms with E-state index in [2.05, 4.69) is 20.6 Å². The van der Waals surface area contributed by atoms with Gasteiger partial charge in [0.05, 0.1) is 19.4 Å². The predicted octanol–water partition coefficient (Wildman–Crippen LogP) is 2.49. The van der Waals surface area contributed by atoms with Gasteiger partial charge < -0.3 is 20.2 Å². The number of anilines is 2. The van der Waals surface area contributed by atoms with Crippen molar-refractivity contribution in [3.05, 3.63) is 35.9 Å². The summed E-state index contributed by atoms with van der Waals surface area (Å²) in [7, 11) is 0. The molecule has 2 aromatic rings. The van der Waals surface area contributed by atoms with Crippen LogP contribution in [-0.4, -0.2) is 27.7 Å². The average Bonchev–Trinajstić information content (AvgIpc) is 2.97. The fourth-order valence-electron chi connectivity index (χ4n) is 1.60. The number of aliphatic hydroxyl groups is 1. The Morgan fingerprint density at radius 1 is 1.36 bits per heavy atom. The summed E-state index contributed by atoms with van der Waals surface area (Å²) in [5.41, 5.74) is -1.07. The zero-order chi connectivity index (χ0) is 16.2. The molecule has 0 aliphatic carbocycles. The van der Waals surface area contributed by atoms with Crippen LogP contribution in [0.2, 0.25) is 0 Å². The van der Waals surface area contributed by atoms with E-state index in [0.717, 1.165) is 6.07 Å². The van der Waals surface area contributed by atoms with Crippen LogP contribution in [0, 0.1) is 0 Å². The third-order valence-electron chi connectivity index (χ3n) is 2.69. The van der Waals surface area contributed by atoms with Crippen LogP contribution in [0.25, 0.3) is 0 Å². The van der Waals surface area contributed by atoms with Crippen molar-refractivity contribution in [1.82, 2.24) is 9.97 Å². The molecule has 0 aromatic carbocycles. The van der Waals surface area contributed by atoms with Crippen molar-refractivity contribution in [2.24, 2.45) is 0 Å². The highest BCUT2D eigenvalue weighted by Crippen LogP contribution is 2.29. The lowest BCUT2D eigenvalue weighted by Gasteiger charge is -2.14. The molecule has 22 heavy (non-hydrogen) atoms. The summed E-state index contributed by atoms with van der Waals surface area (Å²) in [5, 5.41) is 14.3. The molecule has 3 N–H and O–H groups in total. The topological polar surface area (TPSA) is 83.2 Å². The SMILES string of the molecule is C[C@H](CO)Nc1nc(NCc2ccco2)cc(C(F)(F)F)n1. The van der Waals surface area contributed by atoms with Gasteiger partial charge in [0.1, 0.15) is 11.6 Å². The van der Waals surface area contributed by atoms with Gasteiger partial charge in [-0.2, -0.15) is 18.2 Å². The highest BCUT2D eigenvalue weighted by molar-refractivity contribution is 5.43. The first-order valence-electron chi connectivity index (χ1n) is 6.48. The van der Waals surface area contributed by atoms with Crippen LogP contribution < -0.4 is 10.6 Å². The molecule has 0 aliphatic heterocycles. The number of rotatable bonds is 6. The van der Waals surface area contributed by atoms with Crippen LogP contribution in [0.4, 0.5) is 24.9 Å². The Morgan fingerprint density at radius 3 is 2.73 bits per heavy atom. The van der Waals surface area contributed by atoms with Crippen molar-refractivity contribution in [1.29, 1.82) is 0 Å². The molecule has 120 valence electrons. The molecule has 0 fully saturated rings. The van der Waals surface area contributed by atoms with Gasteiger partial charge in [-0.1, -0.05) is 0 Å². The minimum absolute atomic E-state index is 0.00589. The lowest BCUT2D eigenvalue weighted by atomic mass is 10.3. The average molecular weight is 316 g/mol. The number of hydrogen-bond acceptors (Lipinski definition) is 6. The maximum Gasteiger partial charge on any atom is 0.433 e. The van der Waals surface area contributed by atoms with Gasteiger partial charge in [-0.3, -0.25) is 0 Å². The molecule has 0 saturated heterocycles. The van der Waals surface area contributed by atoms with Gasteiger partial charge in [-0.05, 0) is 19.1 Å². The molecule has 0 bridgehead atoms. The first-order valence-corrected chi connectivity index (χ1v) is 6.48. The van der Waals surface area contributed by atoms with Crippen molar-refractivity contribution in [2.75, 3.05) is 17.2 Å². The molecule has 2 heterocycles. The molecule has 6 nitrogen and oxygen atoms in total. The molecule has 0 radical (unpaired) electrons. The van der Waals surface area contributed by atoms with E-state index < -0.39 is 17.9 Å². The molecular formula is C13H15F3N4O2. The van der Waals surface area contributed by atoms with Gasteiger partial charge in [0.25, 0.3) is 0 Å². The maximum atomic E-state index is 12.9. The molecule has 2 rings (SSSR count). The molecule has 0 amide bonds. The van der Waals surface area contributed by atoms with E-state index in [-0.39, 0.29) is 24.9 Å². The largest absolute Gasteiger partial charge is 0.467 e. The van der Waals surface area contributed by atoms with Gasteiger partial charge >= 0.3 is 6.18 Å². The summed E-state index contributed by atoms with van der Waals surface area (Å²) in [5.74, 6) is 0.357. The van der Waals surface area contributed by atoms with Gasteiger partial charge in [-0.25, -0.2) is 4.98 Å². The molecule has 9 heteroatoms. The normalized spacial score (nSPS) is 13.0. The number of halogens is 3. The highest BCUT2D eigenvalue weighted by atomic mass is 19.4. The summed E-state index contributed by atoms with van der Waals surface area (Å²) in [4.78, 5) is 7.36. The molecule has 0 spiro atoms. The van der Waals surface area contributed by atoms with Crippen LogP contribution in [0.1, 0.15) is 18.4 Å². The fraction of sp³-hybridized carbons (Fsp3) is 0.385. The van der Waals surface area contributed by atoms with Gasteiger partial charge in [0.2, 0.25) is 5.95 Å².